The first-order valence-electron chi connectivity index (χ1n) is 5.96. The van der Waals surface area contributed by atoms with Crippen LogP contribution < -0.4 is 4.90 Å². The zero-order chi connectivity index (χ0) is 13.5. The summed E-state index contributed by atoms with van der Waals surface area (Å²) in [5, 5.41) is 10.1. The first-order valence-corrected chi connectivity index (χ1v) is 5.96. The summed E-state index contributed by atoms with van der Waals surface area (Å²) in [6, 6.07) is 3.65. The third kappa shape index (κ3) is 2.18. The highest BCUT2D eigenvalue weighted by atomic mass is 16.6. The van der Waals surface area contributed by atoms with E-state index in [1.54, 1.807) is 33.0 Å². The molecular weight excluding hydrogens is 232 g/mol. The van der Waals surface area contributed by atoms with Gasteiger partial charge in [0.15, 0.2) is 0 Å². The average molecular weight is 250 g/mol. The predicted molar refractivity (Wildman–Crippen MR) is 67.4 cm³/mol. The van der Waals surface area contributed by atoms with E-state index in [0.29, 0.717) is 5.82 Å². The molecule has 98 valence electrons. The van der Waals surface area contributed by atoms with E-state index >= 15 is 0 Å². The molecule has 1 amide bonds. The lowest BCUT2D eigenvalue weighted by Crippen LogP contribution is -2.42. The van der Waals surface area contributed by atoms with Crippen LogP contribution in [0.4, 0.5) is 10.6 Å². The van der Waals surface area contributed by atoms with Crippen LogP contribution in [-0.2, 0) is 4.74 Å². The largest absolute Gasteiger partial charge is 0.443 e. The fraction of sp³-hybridized carbons (Fsp3) is 0.538. The van der Waals surface area contributed by atoms with Crippen LogP contribution >= 0.6 is 0 Å². The number of carbonyl (C=O) groups is 1. The Bertz CT molecular complexity index is 468. The van der Waals surface area contributed by atoms with Crippen LogP contribution in [0.5, 0.6) is 0 Å². The van der Waals surface area contributed by atoms with Crippen LogP contribution in [-0.4, -0.2) is 28.0 Å². The van der Waals surface area contributed by atoms with Crippen LogP contribution in [0.3, 0.4) is 0 Å². The second-order valence-electron chi connectivity index (χ2n) is 5.47. The maximum absolute atomic E-state index is 12.1. The van der Waals surface area contributed by atoms with Crippen molar-refractivity contribution in [3.05, 3.63) is 23.9 Å². The normalized spacial score (nSPS) is 22.8. The molecule has 0 radical (unpaired) electrons. The summed E-state index contributed by atoms with van der Waals surface area (Å²) < 4.78 is 5.28. The molecule has 0 aliphatic carbocycles. The molecule has 2 heterocycles. The average Bonchev–Trinajstić information content (AvgIpc) is 2.50. The van der Waals surface area contributed by atoms with E-state index in [1.807, 2.05) is 13.0 Å². The van der Waals surface area contributed by atoms with Gasteiger partial charge in [0.05, 0.1) is 0 Å². The lowest BCUT2D eigenvalue weighted by molar-refractivity contribution is 0.0468. The molecule has 0 saturated carbocycles. The van der Waals surface area contributed by atoms with Crippen molar-refractivity contribution < 1.29 is 14.6 Å². The second-order valence-corrected chi connectivity index (χ2v) is 5.47. The molecule has 1 N–H and O–H groups in total. The molecule has 1 aliphatic rings. The Morgan fingerprint density at radius 1 is 1.50 bits per heavy atom. The smallest absolute Gasteiger partial charge is 0.418 e. The highest BCUT2D eigenvalue weighted by molar-refractivity contribution is 5.90. The van der Waals surface area contributed by atoms with Gasteiger partial charge in [-0.25, -0.2) is 14.7 Å². The number of aliphatic hydroxyl groups excluding tert-OH is 1. The third-order valence-electron chi connectivity index (χ3n) is 2.84. The fourth-order valence-electron chi connectivity index (χ4n) is 1.98. The molecule has 5 heteroatoms. The SMILES string of the molecule is CC1c2cccnc2N(C(=O)OC(C)(C)C)C1O. The molecular formula is C13H18N2O3. The number of rotatable bonds is 0. The van der Waals surface area contributed by atoms with Gasteiger partial charge in [-0.05, 0) is 26.8 Å². The van der Waals surface area contributed by atoms with Crippen molar-refractivity contribution in [1.82, 2.24) is 4.98 Å². The Balaban J connectivity index is 2.32. The number of hydrogen-bond donors (Lipinski definition) is 1. The van der Waals surface area contributed by atoms with Gasteiger partial charge in [0.2, 0.25) is 0 Å². The molecule has 0 aromatic carbocycles. The first kappa shape index (κ1) is 12.8. The van der Waals surface area contributed by atoms with Gasteiger partial charge < -0.3 is 9.84 Å². The zero-order valence-corrected chi connectivity index (χ0v) is 11.0. The molecule has 0 saturated heterocycles. The molecule has 2 unspecified atom stereocenters. The second kappa shape index (κ2) is 4.24. The minimum absolute atomic E-state index is 0.166. The highest BCUT2D eigenvalue weighted by Gasteiger charge is 2.41. The van der Waals surface area contributed by atoms with Crippen molar-refractivity contribution in [2.45, 2.75) is 45.4 Å². The summed E-state index contributed by atoms with van der Waals surface area (Å²) in [5.74, 6) is 0.313. The minimum atomic E-state index is -0.926. The summed E-state index contributed by atoms with van der Waals surface area (Å²) in [7, 11) is 0. The number of hydrogen-bond acceptors (Lipinski definition) is 4. The van der Waals surface area contributed by atoms with Gasteiger partial charge in [-0.3, -0.25) is 0 Å². The summed E-state index contributed by atoms with van der Waals surface area (Å²) >= 11 is 0. The van der Waals surface area contributed by atoms with E-state index < -0.39 is 17.9 Å². The Morgan fingerprint density at radius 3 is 2.78 bits per heavy atom. The van der Waals surface area contributed by atoms with Gasteiger partial charge >= 0.3 is 6.09 Å². The van der Waals surface area contributed by atoms with Crippen molar-refractivity contribution in [3.63, 3.8) is 0 Å². The topological polar surface area (TPSA) is 62.7 Å². The number of fused-ring (bicyclic) bond motifs is 1. The van der Waals surface area contributed by atoms with Crippen molar-refractivity contribution >= 4 is 11.9 Å². The summed E-state index contributed by atoms with van der Waals surface area (Å²) in [6.45, 7) is 7.22. The molecule has 0 fully saturated rings. The van der Waals surface area contributed by atoms with Crippen LogP contribution in [0, 0.1) is 0 Å². The molecule has 18 heavy (non-hydrogen) atoms. The Hall–Kier alpha value is -1.62. The molecule has 2 rings (SSSR count). The maximum Gasteiger partial charge on any atom is 0.418 e. The predicted octanol–water partition coefficient (Wildman–Crippen LogP) is 2.26. The van der Waals surface area contributed by atoms with E-state index in [0.717, 1.165) is 5.56 Å². The summed E-state index contributed by atoms with van der Waals surface area (Å²) in [4.78, 5) is 17.5. The van der Waals surface area contributed by atoms with Crippen molar-refractivity contribution in [1.29, 1.82) is 0 Å². The third-order valence-corrected chi connectivity index (χ3v) is 2.84. The standard InChI is InChI=1S/C13H18N2O3/c1-8-9-6-5-7-14-10(9)15(11(8)16)12(17)18-13(2,3)4/h5-8,11,16H,1-4H3. The number of amides is 1. The van der Waals surface area contributed by atoms with E-state index in [2.05, 4.69) is 4.98 Å². The lowest BCUT2D eigenvalue weighted by Gasteiger charge is -2.26. The van der Waals surface area contributed by atoms with Crippen LogP contribution in [0.25, 0.3) is 0 Å². The van der Waals surface area contributed by atoms with Crippen molar-refractivity contribution in [3.8, 4) is 0 Å². The molecule has 5 nitrogen and oxygen atoms in total. The molecule has 1 aliphatic heterocycles. The lowest BCUT2D eigenvalue weighted by atomic mass is 10.1. The van der Waals surface area contributed by atoms with E-state index in [1.165, 1.54) is 4.90 Å². The number of nitrogens with zero attached hydrogens (tertiary/aromatic N) is 2. The zero-order valence-electron chi connectivity index (χ0n) is 11.0. The van der Waals surface area contributed by atoms with Gasteiger partial charge in [-0.15, -0.1) is 0 Å². The molecule has 1 aromatic rings. The van der Waals surface area contributed by atoms with Crippen LogP contribution in [0.1, 0.15) is 39.2 Å². The van der Waals surface area contributed by atoms with Gasteiger partial charge in [0.1, 0.15) is 17.6 Å². The number of aromatic nitrogens is 1. The highest BCUT2D eigenvalue weighted by Crippen LogP contribution is 2.38. The molecule has 1 aromatic heterocycles. The fourth-order valence-corrected chi connectivity index (χ4v) is 1.98. The number of pyridine rings is 1. The quantitative estimate of drug-likeness (QED) is 0.767. The number of anilines is 1. The van der Waals surface area contributed by atoms with Gasteiger partial charge in [0.25, 0.3) is 0 Å². The van der Waals surface area contributed by atoms with E-state index in [9.17, 15) is 9.90 Å². The molecule has 0 spiro atoms. The van der Waals surface area contributed by atoms with E-state index in [-0.39, 0.29) is 5.92 Å². The molecule has 2 atom stereocenters. The number of ether oxygens (including phenoxy) is 1. The molecule has 0 bridgehead atoms. The van der Waals surface area contributed by atoms with Crippen molar-refractivity contribution in [2.75, 3.05) is 4.90 Å². The monoisotopic (exact) mass is 250 g/mol. The van der Waals surface area contributed by atoms with Crippen LogP contribution in [0.2, 0.25) is 0 Å². The summed E-state index contributed by atoms with van der Waals surface area (Å²) in [5.41, 5.74) is 0.258. The van der Waals surface area contributed by atoms with Crippen molar-refractivity contribution in [2.24, 2.45) is 0 Å². The van der Waals surface area contributed by atoms with Crippen LogP contribution in [0.15, 0.2) is 18.3 Å². The Morgan fingerprint density at radius 2 is 2.17 bits per heavy atom. The van der Waals surface area contributed by atoms with Gasteiger partial charge in [-0.1, -0.05) is 13.0 Å². The minimum Gasteiger partial charge on any atom is -0.443 e. The number of carbonyl (C=O) groups excluding carboxylic acids is 1. The Kier molecular flexibility index (Phi) is 3.02. The summed E-state index contributed by atoms with van der Waals surface area (Å²) in [6.07, 6.45) is 0.102. The maximum atomic E-state index is 12.1. The first-order chi connectivity index (χ1) is 8.31. The van der Waals surface area contributed by atoms with E-state index in [4.69, 9.17) is 4.74 Å². The Labute approximate surface area is 106 Å². The van der Waals surface area contributed by atoms with Gasteiger partial charge in [0, 0.05) is 17.7 Å². The van der Waals surface area contributed by atoms with Gasteiger partial charge in [-0.2, -0.15) is 0 Å². The number of aliphatic hydroxyl groups is 1.